The molecule has 0 spiro atoms. The van der Waals surface area contributed by atoms with Crippen LogP contribution in [0.5, 0.6) is 0 Å². The molecular formula is C22H27NOSSe. The van der Waals surface area contributed by atoms with Gasteiger partial charge in [-0.15, -0.1) is 0 Å². The number of carbonyl (C=O) groups is 1. The Morgan fingerprint density at radius 3 is 2.58 bits per heavy atom. The van der Waals surface area contributed by atoms with Gasteiger partial charge < -0.3 is 0 Å². The molecule has 2 atom stereocenters. The third-order valence-corrected chi connectivity index (χ3v) is 9.06. The van der Waals surface area contributed by atoms with E-state index < -0.39 is 0 Å². The van der Waals surface area contributed by atoms with Crippen LogP contribution in [0.4, 0.5) is 0 Å². The SMILES string of the molecule is CS[C@@H](C)c1ccccc1[Se]CC1(c2ccccc2)CCCN1C(C)=O. The van der Waals surface area contributed by atoms with E-state index in [1.54, 1.807) is 6.92 Å². The van der Waals surface area contributed by atoms with Crippen molar-refractivity contribution in [3.8, 4) is 0 Å². The van der Waals surface area contributed by atoms with E-state index in [4.69, 9.17) is 0 Å². The van der Waals surface area contributed by atoms with Gasteiger partial charge in [0, 0.05) is 0 Å². The van der Waals surface area contributed by atoms with Crippen LogP contribution in [0.15, 0.2) is 54.6 Å². The average molecular weight is 432 g/mol. The Kier molecular flexibility index (Phi) is 6.50. The molecule has 2 nitrogen and oxygen atoms in total. The zero-order valence-electron chi connectivity index (χ0n) is 15.8. The minimum atomic E-state index is -0.136. The van der Waals surface area contributed by atoms with Gasteiger partial charge in [0.25, 0.3) is 0 Å². The summed E-state index contributed by atoms with van der Waals surface area (Å²) in [4.78, 5) is 14.5. The fourth-order valence-electron chi connectivity index (χ4n) is 3.89. The number of thioether (sulfide) groups is 1. The number of hydrogen-bond acceptors (Lipinski definition) is 2. The number of rotatable bonds is 6. The molecule has 1 amide bonds. The van der Waals surface area contributed by atoms with Crippen molar-refractivity contribution in [3.05, 3.63) is 65.7 Å². The molecule has 0 bridgehead atoms. The summed E-state index contributed by atoms with van der Waals surface area (Å²) in [5, 5.41) is 1.55. The summed E-state index contributed by atoms with van der Waals surface area (Å²) in [5.41, 5.74) is 2.61. The second-order valence-electron chi connectivity index (χ2n) is 6.88. The topological polar surface area (TPSA) is 20.3 Å². The Labute approximate surface area is 167 Å². The van der Waals surface area contributed by atoms with Gasteiger partial charge in [-0.25, -0.2) is 0 Å². The first kappa shape index (κ1) is 19.5. The summed E-state index contributed by atoms with van der Waals surface area (Å²) in [5.74, 6) is 0.202. The number of benzene rings is 2. The van der Waals surface area contributed by atoms with Gasteiger partial charge in [-0.3, -0.25) is 0 Å². The molecule has 0 saturated carbocycles. The first-order valence-corrected chi connectivity index (χ1v) is 12.5. The van der Waals surface area contributed by atoms with Gasteiger partial charge in [0.1, 0.15) is 0 Å². The van der Waals surface area contributed by atoms with Crippen molar-refractivity contribution in [3.63, 3.8) is 0 Å². The fraction of sp³-hybridized carbons (Fsp3) is 0.409. The summed E-state index contributed by atoms with van der Waals surface area (Å²) < 4.78 is 1.48. The van der Waals surface area contributed by atoms with E-state index >= 15 is 0 Å². The van der Waals surface area contributed by atoms with Crippen molar-refractivity contribution in [2.24, 2.45) is 0 Å². The van der Waals surface area contributed by atoms with Crippen molar-refractivity contribution >= 4 is 37.1 Å². The number of carbonyl (C=O) groups excluding carboxylic acids is 1. The van der Waals surface area contributed by atoms with Crippen molar-refractivity contribution in [2.75, 3.05) is 12.8 Å². The van der Waals surface area contributed by atoms with Crippen LogP contribution in [0.25, 0.3) is 0 Å². The van der Waals surface area contributed by atoms with Gasteiger partial charge in [-0.1, -0.05) is 0 Å². The van der Waals surface area contributed by atoms with Crippen LogP contribution in [0.1, 0.15) is 43.1 Å². The molecular weight excluding hydrogens is 405 g/mol. The fourth-order valence-corrected chi connectivity index (χ4v) is 7.56. The number of hydrogen-bond donors (Lipinski definition) is 0. The molecule has 0 aromatic heterocycles. The summed E-state index contributed by atoms with van der Waals surface area (Å²) in [6, 6.07) is 19.5. The molecule has 26 heavy (non-hydrogen) atoms. The van der Waals surface area contributed by atoms with E-state index in [-0.39, 0.29) is 11.4 Å². The summed E-state index contributed by atoms with van der Waals surface area (Å²) in [6.07, 6.45) is 4.33. The Hall–Kier alpha value is -1.22. The molecule has 3 rings (SSSR count). The molecule has 0 radical (unpaired) electrons. The molecule has 1 fully saturated rings. The van der Waals surface area contributed by atoms with Crippen molar-refractivity contribution in [1.29, 1.82) is 0 Å². The van der Waals surface area contributed by atoms with Gasteiger partial charge >= 0.3 is 168 Å². The predicted molar refractivity (Wildman–Crippen MR) is 113 cm³/mol. The molecule has 0 N–H and O–H groups in total. The quantitative estimate of drug-likeness (QED) is 0.631. The van der Waals surface area contributed by atoms with Crippen molar-refractivity contribution in [2.45, 2.75) is 42.8 Å². The Morgan fingerprint density at radius 2 is 1.88 bits per heavy atom. The summed E-state index contributed by atoms with van der Waals surface area (Å²) in [6.45, 7) is 4.88. The number of nitrogens with zero attached hydrogens (tertiary/aromatic N) is 1. The maximum absolute atomic E-state index is 12.4. The normalized spacial score (nSPS) is 21.0. The first-order valence-electron chi connectivity index (χ1n) is 9.17. The minimum absolute atomic E-state index is 0.136. The van der Waals surface area contributed by atoms with Crippen LogP contribution < -0.4 is 4.46 Å². The van der Waals surface area contributed by atoms with Gasteiger partial charge in [0.15, 0.2) is 0 Å². The van der Waals surface area contributed by atoms with Crippen LogP contribution in [0.3, 0.4) is 0 Å². The monoisotopic (exact) mass is 433 g/mol. The molecule has 1 aliphatic heterocycles. The van der Waals surface area contributed by atoms with E-state index in [0.29, 0.717) is 20.2 Å². The molecule has 2 aromatic rings. The third kappa shape index (κ3) is 3.88. The Morgan fingerprint density at radius 1 is 1.19 bits per heavy atom. The van der Waals surface area contributed by atoms with Crippen LogP contribution in [0, 0.1) is 0 Å². The number of amides is 1. The third-order valence-electron chi connectivity index (χ3n) is 5.36. The zero-order chi connectivity index (χ0) is 18.6. The molecule has 1 heterocycles. The van der Waals surface area contributed by atoms with Crippen LogP contribution in [-0.2, 0) is 10.3 Å². The zero-order valence-corrected chi connectivity index (χ0v) is 18.3. The predicted octanol–water partition coefficient (Wildman–Crippen LogP) is 4.40. The molecule has 138 valence electrons. The number of likely N-dealkylation sites (tertiary alicyclic amines) is 1. The van der Waals surface area contributed by atoms with E-state index in [1.165, 1.54) is 15.6 Å². The Balaban J connectivity index is 1.93. The van der Waals surface area contributed by atoms with E-state index in [0.717, 1.165) is 24.7 Å². The molecule has 4 heteroatoms. The van der Waals surface area contributed by atoms with E-state index in [9.17, 15) is 4.79 Å². The van der Waals surface area contributed by atoms with Gasteiger partial charge in [0.2, 0.25) is 0 Å². The van der Waals surface area contributed by atoms with Crippen LogP contribution in [-0.4, -0.2) is 38.6 Å². The van der Waals surface area contributed by atoms with Gasteiger partial charge in [-0.2, -0.15) is 0 Å². The maximum atomic E-state index is 12.4. The van der Waals surface area contributed by atoms with Gasteiger partial charge in [-0.05, 0) is 0 Å². The standard InChI is InChI=1S/C22H27NOSSe/c1-17(25-3)20-12-7-8-13-21(20)26-16-22(19-10-5-4-6-11-19)14-9-15-23(22)18(2)24/h4-8,10-13,17H,9,14-16H2,1-3H3/t17-,22?/m0/s1. The van der Waals surface area contributed by atoms with Gasteiger partial charge in [0.05, 0.1) is 0 Å². The molecule has 2 aromatic carbocycles. The van der Waals surface area contributed by atoms with Crippen LogP contribution in [0.2, 0.25) is 5.32 Å². The molecule has 1 saturated heterocycles. The van der Waals surface area contributed by atoms with Crippen molar-refractivity contribution in [1.82, 2.24) is 4.90 Å². The molecule has 0 aliphatic carbocycles. The summed E-state index contributed by atoms with van der Waals surface area (Å²) in [7, 11) is 0. The van der Waals surface area contributed by atoms with Crippen molar-refractivity contribution < 1.29 is 4.79 Å². The molecule has 1 unspecified atom stereocenters. The first-order chi connectivity index (χ1) is 12.6. The second-order valence-corrected chi connectivity index (χ2v) is 10.2. The summed E-state index contributed by atoms with van der Waals surface area (Å²) >= 11 is 2.22. The second kappa shape index (κ2) is 8.65. The van der Waals surface area contributed by atoms with E-state index in [2.05, 4.69) is 72.7 Å². The van der Waals surface area contributed by atoms with E-state index in [1.807, 2.05) is 11.8 Å². The molecule has 1 aliphatic rings. The Bertz CT molecular complexity index is 751. The average Bonchev–Trinajstić information content (AvgIpc) is 3.12. The van der Waals surface area contributed by atoms with Crippen LogP contribution >= 0.6 is 11.8 Å².